The quantitative estimate of drug-likeness (QED) is 0.429. The number of nitrogens with one attached hydrogen (secondary N) is 1. The van der Waals surface area contributed by atoms with Gasteiger partial charge in [0.1, 0.15) is 0 Å². The number of benzene rings is 1. The predicted octanol–water partition coefficient (Wildman–Crippen LogP) is 1.68. The molecule has 2 unspecified atom stereocenters. The second-order valence-electron chi connectivity index (χ2n) is 8.02. The monoisotopic (exact) mass is 436 g/mol. The molecule has 3 rings (SSSR count). The number of piperidine rings is 1. The predicted molar refractivity (Wildman–Crippen MR) is 115 cm³/mol. The molecule has 2 aliphatic rings. The number of esters is 1. The number of guanidine groups is 1. The van der Waals surface area contributed by atoms with Crippen molar-refractivity contribution in [2.75, 3.05) is 40.3 Å². The van der Waals surface area contributed by atoms with Crippen LogP contribution in [0.2, 0.25) is 0 Å². The van der Waals surface area contributed by atoms with Gasteiger partial charge >= 0.3 is 5.97 Å². The Morgan fingerprint density at radius 1 is 1.17 bits per heavy atom. The minimum absolute atomic E-state index is 0.159. The molecule has 0 bridgehead atoms. The van der Waals surface area contributed by atoms with Gasteiger partial charge in [-0.25, -0.2) is 8.42 Å². The van der Waals surface area contributed by atoms with Crippen LogP contribution in [-0.4, -0.2) is 69.9 Å². The van der Waals surface area contributed by atoms with E-state index in [0.29, 0.717) is 31.1 Å². The third kappa shape index (κ3) is 4.95. The molecule has 2 atom stereocenters. The molecular formula is C21H32N4O4S. The van der Waals surface area contributed by atoms with Crippen LogP contribution in [0.5, 0.6) is 0 Å². The van der Waals surface area contributed by atoms with E-state index in [4.69, 9.17) is 4.74 Å². The van der Waals surface area contributed by atoms with Crippen LogP contribution >= 0.6 is 0 Å². The van der Waals surface area contributed by atoms with Gasteiger partial charge in [0.2, 0.25) is 10.0 Å². The summed E-state index contributed by atoms with van der Waals surface area (Å²) in [7, 11) is -0.282. The van der Waals surface area contributed by atoms with Gasteiger partial charge in [-0.2, -0.15) is 4.31 Å². The summed E-state index contributed by atoms with van der Waals surface area (Å²) in [6, 6.07) is 7.02. The fourth-order valence-corrected chi connectivity index (χ4v) is 5.66. The van der Waals surface area contributed by atoms with Gasteiger partial charge in [-0.1, -0.05) is 25.5 Å². The van der Waals surface area contributed by atoms with Crippen molar-refractivity contribution >= 4 is 22.0 Å². The maximum atomic E-state index is 12.8. The Balaban J connectivity index is 1.60. The number of sulfonamides is 1. The Kier molecular flexibility index (Phi) is 7.36. The SMILES string of the molecule is CN=C(NCc1ccc(S(=O)(=O)N2CCCCC2)cc1)N1CC(C)C(C(=O)OC)C1. The molecule has 0 radical (unpaired) electrons. The van der Waals surface area contributed by atoms with Crippen LogP contribution in [-0.2, 0) is 26.1 Å². The second-order valence-corrected chi connectivity index (χ2v) is 9.96. The van der Waals surface area contributed by atoms with Gasteiger partial charge in [0.15, 0.2) is 5.96 Å². The van der Waals surface area contributed by atoms with E-state index < -0.39 is 10.0 Å². The maximum Gasteiger partial charge on any atom is 0.310 e. The first-order valence-corrected chi connectivity index (χ1v) is 11.9. The largest absolute Gasteiger partial charge is 0.469 e. The van der Waals surface area contributed by atoms with Gasteiger partial charge < -0.3 is 15.0 Å². The molecule has 166 valence electrons. The lowest BCUT2D eigenvalue weighted by Gasteiger charge is -2.26. The first kappa shape index (κ1) is 22.6. The van der Waals surface area contributed by atoms with Crippen LogP contribution < -0.4 is 5.32 Å². The molecule has 1 N–H and O–H groups in total. The molecular weight excluding hydrogens is 404 g/mol. The van der Waals surface area contributed by atoms with Gasteiger partial charge in [0.05, 0.1) is 17.9 Å². The number of carbonyl (C=O) groups excluding carboxylic acids is 1. The summed E-state index contributed by atoms with van der Waals surface area (Å²) in [6.45, 7) is 5.05. The highest BCUT2D eigenvalue weighted by Gasteiger charge is 2.36. The molecule has 2 heterocycles. The van der Waals surface area contributed by atoms with Crippen LogP contribution in [0, 0.1) is 11.8 Å². The molecule has 0 aliphatic carbocycles. The van der Waals surface area contributed by atoms with Gasteiger partial charge in [-0.05, 0) is 36.5 Å². The van der Waals surface area contributed by atoms with Crippen molar-refractivity contribution in [1.82, 2.24) is 14.5 Å². The summed E-state index contributed by atoms with van der Waals surface area (Å²) in [5, 5.41) is 3.31. The molecule has 0 amide bonds. The van der Waals surface area contributed by atoms with Gasteiger partial charge in [0.25, 0.3) is 0 Å². The van der Waals surface area contributed by atoms with Crippen LogP contribution in [0.3, 0.4) is 0 Å². The fraction of sp³-hybridized carbons (Fsp3) is 0.619. The lowest BCUT2D eigenvalue weighted by molar-refractivity contribution is -0.145. The molecule has 2 saturated heterocycles. The number of rotatable bonds is 5. The highest BCUT2D eigenvalue weighted by atomic mass is 32.2. The third-order valence-electron chi connectivity index (χ3n) is 5.95. The molecule has 1 aromatic rings. The smallest absolute Gasteiger partial charge is 0.310 e. The standard InChI is InChI=1S/C21H32N4O4S/c1-16-14-24(15-19(16)20(26)29-3)21(22-2)23-13-17-7-9-18(10-8-17)30(27,28)25-11-5-4-6-12-25/h7-10,16,19H,4-6,11-15H2,1-3H3,(H,22,23). The Hall–Kier alpha value is -2.13. The molecule has 0 saturated carbocycles. The number of likely N-dealkylation sites (tertiary alicyclic amines) is 1. The number of aliphatic imine (C=N–C) groups is 1. The van der Waals surface area contributed by atoms with Gasteiger partial charge in [-0.3, -0.25) is 9.79 Å². The Morgan fingerprint density at radius 3 is 2.43 bits per heavy atom. The molecule has 0 spiro atoms. The molecule has 1 aromatic carbocycles. The van der Waals surface area contributed by atoms with E-state index >= 15 is 0 Å². The van der Waals surface area contributed by atoms with Crippen molar-refractivity contribution in [3.63, 3.8) is 0 Å². The first-order chi connectivity index (χ1) is 14.4. The minimum Gasteiger partial charge on any atom is -0.469 e. The Bertz CT molecular complexity index is 863. The molecule has 2 fully saturated rings. The molecule has 30 heavy (non-hydrogen) atoms. The van der Waals surface area contributed by atoms with E-state index in [1.807, 2.05) is 19.1 Å². The van der Waals surface area contributed by atoms with Crippen molar-refractivity contribution < 1.29 is 17.9 Å². The maximum absolute atomic E-state index is 12.8. The normalized spacial score (nSPS) is 23.4. The van der Waals surface area contributed by atoms with Gasteiger partial charge in [0, 0.05) is 39.8 Å². The Labute approximate surface area is 179 Å². The summed E-state index contributed by atoms with van der Waals surface area (Å²) in [5.74, 6) is 0.562. The third-order valence-corrected chi connectivity index (χ3v) is 7.87. The fourth-order valence-electron chi connectivity index (χ4n) is 4.14. The summed E-state index contributed by atoms with van der Waals surface area (Å²) >= 11 is 0. The highest BCUT2D eigenvalue weighted by molar-refractivity contribution is 7.89. The van der Waals surface area contributed by atoms with E-state index in [1.54, 1.807) is 23.5 Å². The van der Waals surface area contributed by atoms with Crippen LogP contribution in [0.15, 0.2) is 34.2 Å². The van der Waals surface area contributed by atoms with Crippen molar-refractivity contribution in [2.24, 2.45) is 16.8 Å². The first-order valence-electron chi connectivity index (χ1n) is 10.5. The number of hydrogen-bond donors (Lipinski definition) is 1. The summed E-state index contributed by atoms with van der Waals surface area (Å²) < 4.78 is 32.0. The summed E-state index contributed by atoms with van der Waals surface area (Å²) in [4.78, 5) is 18.7. The van der Waals surface area contributed by atoms with E-state index in [9.17, 15) is 13.2 Å². The molecule has 2 aliphatic heterocycles. The lowest BCUT2D eigenvalue weighted by Crippen LogP contribution is -2.40. The average molecular weight is 437 g/mol. The zero-order valence-electron chi connectivity index (χ0n) is 18.0. The van der Waals surface area contributed by atoms with E-state index in [2.05, 4.69) is 15.2 Å². The van der Waals surface area contributed by atoms with Crippen LogP contribution in [0.25, 0.3) is 0 Å². The number of ether oxygens (including phenoxy) is 1. The second kappa shape index (κ2) is 9.78. The summed E-state index contributed by atoms with van der Waals surface area (Å²) in [5.41, 5.74) is 0.963. The highest BCUT2D eigenvalue weighted by Crippen LogP contribution is 2.24. The lowest BCUT2D eigenvalue weighted by atomic mass is 9.99. The van der Waals surface area contributed by atoms with Gasteiger partial charge in [-0.15, -0.1) is 0 Å². The van der Waals surface area contributed by atoms with Crippen molar-refractivity contribution in [2.45, 2.75) is 37.6 Å². The van der Waals surface area contributed by atoms with Crippen LogP contribution in [0.4, 0.5) is 0 Å². The number of hydrogen-bond acceptors (Lipinski definition) is 5. The molecule has 8 nitrogen and oxygen atoms in total. The summed E-state index contributed by atoms with van der Waals surface area (Å²) in [6.07, 6.45) is 2.94. The van der Waals surface area contributed by atoms with Crippen molar-refractivity contribution in [1.29, 1.82) is 0 Å². The van der Waals surface area contributed by atoms with E-state index in [-0.39, 0.29) is 17.8 Å². The Morgan fingerprint density at radius 2 is 1.83 bits per heavy atom. The number of nitrogens with zero attached hydrogens (tertiary/aromatic N) is 3. The zero-order valence-corrected chi connectivity index (χ0v) is 18.8. The topological polar surface area (TPSA) is 91.3 Å². The number of methoxy groups -OCH3 is 1. The minimum atomic E-state index is -3.41. The van der Waals surface area contributed by atoms with Crippen molar-refractivity contribution in [3.05, 3.63) is 29.8 Å². The van der Waals surface area contributed by atoms with Crippen molar-refractivity contribution in [3.8, 4) is 0 Å². The zero-order chi connectivity index (χ0) is 21.7. The van der Waals surface area contributed by atoms with E-state index in [0.717, 1.165) is 37.3 Å². The average Bonchev–Trinajstić information content (AvgIpc) is 3.16. The number of carbonyl (C=O) groups is 1. The van der Waals surface area contributed by atoms with E-state index in [1.165, 1.54) is 7.11 Å². The molecule has 9 heteroatoms. The van der Waals surface area contributed by atoms with Crippen LogP contribution in [0.1, 0.15) is 31.7 Å². The molecule has 0 aromatic heterocycles.